The van der Waals surface area contributed by atoms with Gasteiger partial charge in [0.2, 0.25) is 0 Å². The lowest BCUT2D eigenvalue weighted by molar-refractivity contribution is -0.137. The number of benzene rings is 4. The third-order valence-electron chi connectivity index (χ3n) is 6.74. The fourth-order valence-corrected chi connectivity index (χ4v) is 4.92. The van der Waals surface area contributed by atoms with Gasteiger partial charge in [0.25, 0.3) is 5.91 Å². The number of carboxylic acids is 1. The summed E-state index contributed by atoms with van der Waals surface area (Å²) >= 11 is 1.64. The molecule has 0 aromatic heterocycles. The molecule has 0 heterocycles. The Hall–Kier alpha value is -4.82. The summed E-state index contributed by atoms with van der Waals surface area (Å²) in [5, 5.41) is 13.0. The van der Waals surface area contributed by atoms with Gasteiger partial charge in [0.15, 0.2) is 5.78 Å². The predicted octanol–water partition coefficient (Wildman–Crippen LogP) is 6.74. The number of carbonyl (C=O) groups excluding carboxylic acids is 2. The van der Waals surface area contributed by atoms with Gasteiger partial charge in [-0.1, -0.05) is 60.7 Å². The second-order valence-corrected chi connectivity index (χ2v) is 10.5. The summed E-state index contributed by atoms with van der Waals surface area (Å²) in [5.41, 5.74) is 2.98. The number of amides is 1. The van der Waals surface area contributed by atoms with Gasteiger partial charge in [0.1, 0.15) is 18.4 Å². The Kier molecular flexibility index (Phi) is 11.2. The first-order valence-corrected chi connectivity index (χ1v) is 15.1. The highest BCUT2D eigenvalue weighted by Crippen LogP contribution is 2.23. The number of nitrogens with one attached hydrogen (secondary N) is 1. The Morgan fingerprint density at radius 3 is 2.23 bits per heavy atom. The largest absolute Gasteiger partial charge is 0.492 e. The molecule has 1 atom stereocenters. The smallest absolute Gasteiger partial charge is 0.326 e. The minimum Gasteiger partial charge on any atom is -0.492 e. The van der Waals surface area contributed by atoms with Gasteiger partial charge in [0, 0.05) is 33.8 Å². The Morgan fingerprint density at radius 1 is 0.907 bits per heavy atom. The fourth-order valence-electron chi connectivity index (χ4n) is 4.51. The molecule has 1 amide bonds. The van der Waals surface area contributed by atoms with Gasteiger partial charge < -0.3 is 20.1 Å². The monoisotopic (exact) mass is 594 g/mol. The van der Waals surface area contributed by atoms with Gasteiger partial charge >= 0.3 is 5.97 Å². The molecule has 8 heteroatoms. The number of carboxylic acid groups (broad SMARTS) is 1. The molecule has 0 saturated carbocycles. The van der Waals surface area contributed by atoms with Crippen LogP contribution in [0.3, 0.4) is 0 Å². The van der Waals surface area contributed by atoms with Crippen molar-refractivity contribution in [3.8, 4) is 5.75 Å². The van der Waals surface area contributed by atoms with E-state index < -0.39 is 12.0 Å². The number of ketones is 1. The van der Waals surface area contributed by atoms with Crippen molar-refractivity contribution in [1.29, 1.82) is 0 Å². The van der Waals surface area contributed by atoms with Crippen molar-refractivity contribution in [1.82, 2.24) is 0 Å². The maximum absolute atomic E-state index is 13.1. The summed E-state index contributed by atoms with van der Waals surface area (Å²) in [6, 6.07) is 29.9. The normalized spacial score (nSPS) is 11.6. The molecule has 0 fully saturated rings. The van der Waals surface area contributed by atoms with Crippen LogP contribution in [-0.2, 0) is 16.0 Å². The highest BCUT2D eigenvalue weighted by molar-refractivity contribution is 7.98. The maximum Gasteiger partial charge on any atom is 0.326 e. The number of aliphatic carboxylic acids is 1. The van der Waals surface area contributed by atoms with Gasteiger partial charge in [-0.15, -0.1) is 11.8 Å². The lowest BCUT2D eigenvalue weighted by Crippen LogP contribution is -2.33. The zero-order valence-electron chi connectivity index (χ0n) is 24.1. The van der Waals surface area contributed by atoms with Gasteiger partial charge in [-0.2, -0.15) is 0 Å². The summed E-state index contributed by atoms with van der Waals surface area (Å²) in [5.74, 6) is -0.729. The van der Waals surface area contributed by atoms with E-state index in [2.05, 4.69) is 5.32 Å². The van der Waals surface area contributed by atoms with Crippen LogP contribution in [-0.4, -0.2) is 48.2 Å². The second-order valence-electron chi connectivity index (χ2n) is 9.66. The van der Waals surface area contributed by atoms with Crippen molar-refractivity contribution in [3.05, 3.63) is 132 Å². The topological polar surface area (TPSA) is 95.9 Å². The van der Waals surface area contributed by atoms with E-state index in [1.54, 1.807) is 90.3 Å². The van der Waals surface area contributed by atoms with Crippen LogP contribution in [0.4, 0.5) is 11.4 Å². The van der Waals surface area contributed by atoms with Crippen molar-refractivity contribution >= 4 is 40.8 Å². The average molecular weight is 595 g/mol. The number of rotatable bonds is 14. The van der Waals surface area contributed by atoms with E-state index in [0.717, 1.165) is 16.1 Å². The molecule has 4 aromatic carbocycles. The predicted molar refractivity (Wildman–Crippen MR) is 172 cm³/mol. The van der Waals surface area contributed by atoms with Gasteiger partial charge in [0.05, 0.1) is 6.54 Å². The van der Waals surface area contributed by atoms with Crippen molar-refractivity contribution in [2.75, 3.05) is 29.6 Å². The molecule has 4 aromatic rings. The first-order valence-electron chi connectivity index (χ1n) is 13.9. The molecule has 220 valence electrons. The number of carbonyl (C=O) groups is 3. The highest BCUT2D eigenvalue weighted by Gasteiger charge is 2.21. The summed E-state index contributed by atoms with van der Waals surface area (Å²) in [6.07, 6.45) is 5.44. The first-order chi connectivity index (χ1) is 20.9. The van der Waals surface area contributed by atoms with Gasteiger partial charge in [-0.25, -0.2) is 4.79 Å². The van der Waals surface area contributed by atoms with Crippen LogP contribution in [0.15, 0.2) is 120 Å². The van der Waals surface area contributed by atoms with Crippen LogP contribution in [0.5, 0.6) is 5.75 Å². The number of para-hydroxylation sites is 1. The molecule has 2 N–H and O–H groups in total. The minimum absolute atomic E-state index is 0.127. The fraction of sp³-hybridized carbons (Fsp3) is 0.171. The molecule has 43 heavy (non-hydrogen) atoms. The van der Waals surface area contributed by atoms with E-state index in [4.69, 9.17) is 4.74 Å². The van der Waals surface area contributed by atoms with Crippen molar-refractivity contribution in [2.45, 2.75) is 24.3 Å². The Labute approximate surface area is 256 Å². The Balaban J connectivity index is 1.39. The zero-order chi connectivity index (χ0) is 30.6. The SMILES string of the molecule is C/C=C/C(=O)N(CCOc1ccc(C[C@H](Nc2ccccc2C(=O)c2ccccc2)C(=O)O)cc1)c1ccc(SC)cc1. The molecule has 0 radical (unpaired) electrons. The van der Waals surface area contributed by atoms with Gasteiger partial charge in [-0.05, 0) is 73.3 Å². The molecule has 0 aliphatic rings. The molecule has 0 spiro atoms. The summed E-state index contributed by atoms with van der Waals surface area (Å²) in [4.78, 5) is 40.8. The number of allylic oxidation sites excluding steroid dienone is 1. The standard InChI is InChI=1S/C35H34N2O5S/c1-3-9-33(38)37(27-16-20-29(43-2)21-17-27)22-23-42-28-18-14-25(15-19-28)24-32(35(40)41)36-31-13-8-7-12-30(31)34(39)26-10-5-4-6-11-26/h3-21,32,36H,22-24H2,1-2H3,(H,40,41)/b9-3+/t32-/m0/s1. The maximum atomic E-state index is 13.1. The lowest BCUT2D eigenvalue weighted by Gasteiger charge is -2.22. The van der Waals surface area contributed by atoms with Crippen LogP contribution in [0.1, 0.15) is 28.4 Å². The quantitative estimate of drug-likeness (QED) is 0.0949. The highest BCUT2D eigenvalue weighted by atomic mass is 32.2. The van der Waals surface area contributed by atoms with E-state index in [-0.39, 0.29) is 24.7 Å². The average Bonchev–Trinajstić information content (AvgIpc) is 3.04. The number of hydrogen-bond donors (Lipinski definition) is 2. The molecule has 4 rings (SSSR count). The molecule has 0 unspecified atom stereocenters. The van der Waals surface area contributed by atoms with E-state index in [0.29, 0.717) is 29.1 Å². The number of thioether (sulfide) groups is 1. The van der Waals surface area contributed by atoms with Crippen LogP contribution in [0.25, 0.3) is 0 Å². The van der Waals surface area contributed by atoms with Crippen LogP contribution >= 0.6 is 11.8 Å². The van der Waals surface area contributed by atoms with Crippen LogP contribution in [0.2, 0.25) is 0 Å². The summed E-state index contributed by atoms with van der Waals surface area (Å²) in [6.45, 7) is 2.44. The van der Waals surface area contributed by atoms with Crippen molar-refractivity contribution < 1.29 is 24.2 Å². The second kappa shape index (κ2) is 15.4. The van der Waals surface area contributed by atoms with Crippen molar-refractivity contribution in [2.24, 2.45) is 0 Å². The van der Waals surface area contributed by atoms with E-state index in [1.807, 2.05) is 48.7 Å². The molecule has 0 saturated heterocycles. The molecule has 7 nitrogen and oxygen atoms in total. The molecule has 0 aliphatic carbocycles. The lowest BCUT2D eigenvalue weighted by atomic mass is 10.00. The first kappa shape index (κ1) is 31.1. The Bertz CT molecular complexity index is 1550. The number of anilines is 2. The van der Waals surface area contributed by atoms with Gasteiger partial charge in [-0.3, -0.25) is 9.59 Å². The minimum atomic E-state index is -1.03. The third-order valence-corrected chi connectivity index (χ3v) is 7.49. The Morgan fingerprint density at radius 2 is 1.58 bits per heavy atom. The van der Waals surface area contributed by atoms with E-state index >= 15 is 0 Å². The van der Waals surface area contributed by atoms with Crippen molar-refractivity contribution in [3.63, 3.8) is 0 Å². The number of hydrogen-bond acceptors (Lipinski definition) is 6. The van der Waals surface area contributed by atoms with Crippen LogP contribution < -0.4 is 15.0 Å². The molecule has 0 aliphatic heterocycles. The summed E-state index contributed by atoms with van der Waals surface area (Å²) in [7, 11) is 0. The zero-order valence-corrected chi connectivity index (χ0v) is 24.9. The number of nitrogens with zero attached hydrogens (tertiary/aromatic N) is 1. The summed E-state index contributed by atoms with van der Waals surface area (Å²) < 4.78 is 5.93. The third kappa shape index (κ3) is 8.59. The molecule has 0 bridgehead atoms. The number of ether oxygens (including phenoxy) is 1. The van der Waals surface area contributed by atoms with Crippen LogP contribution in [0, 0.1) is 0 Å². The molecular formula is C35H34N2O5S. The van der Waals surface area contributed by atoms with E-state index in [9.17, 15) is 19.5 Å². The van der Waals surface area contributed by atoms with E-state index in [1.165, 1.54) is 6.08 Å². The molecular weight excluding hydrogens is 560 g/mol.